The lowest BCUT2D eigenvalue weighted by atomic mass is 10.0. The molecule has 0 amide bonds. The number of halogens is 1. The van der Waals surface area contributed by atoms with E-state index in [0.717, 1.165) is 5.56 Å². The zero-order chi connectivity index (χ0) is 13.1. The van der Waals surface area contributed by atoms with Crippen molar-refractivity contribution in [2.24, 2.45) is 0 Å². The lowest BCUT2D eigenvalue weighted by molar-refractivity contribution is 0.101. The highest BCUT2D eigenvalue weighted by Crippen LogP contribution is 2.22. The molecule has 0 saturated heterocycles. The number of carbonyl (C=O) groups excluding carboxylic acids is 2. The van der Waals surface area contributed by atoms with E-state index >= 15 is 0 Å². The molecule has 0 heterocycles. The molecule has 0 aliphatic carbocycles. The number of hydrogen-bond donors (Lipinski definition) is 0. The summed E-state index contributed by atoms with van der Waals surface area (Å²) < 4.78 is 13.5. The van der Waals surface area contributed by atoms with Gasteiger partial charge in [-0.2, -0.15) is 0 Å². The molecule has 3 heteroatoms. The number of Topliss-reactive ketones (excluding diaryl/α,β-unsaturated/α-hetero) is 1. The van der Waals surface area contributed by atoms with Gasteiger partial charge >= 0.3 is 0 Å². The summed E-state index contributed by atoms with van der Waals surface area (Å²) in [6.45, 7) is 1.49. The molecule has 0 unspecified atom stereocenters. The molecule has 0 aliphatic rings. The molecular formula is C15H11FO2. The molecule has 90 valence electrons. The molecule has 2 nitrogen and oxygen atoms in total. The van der Waals surface area contributed by atoms with Gasteiger partial charge in [-0.15, -0.1) is 0 Å². The molecule has 2 rings (SSSR count). The van der Waals surface area contributed by atoms with Gasteiger partial charge in [-0.3, -0.25) is 9.59 Å². The summed E-state index contributed by atoms with van der Waals surface area (Å²) in [5, 5.41) is 0. The summed E-state index contributed by atoms with van der Waals surface area (Å²) in [4.78, 5) is 21.6. The highest BCUT2D eigenvalue weighted by molar-refractivity contribution is 5.94. The summed E-state index contributed by atoms with van der Waals surface area (Å²) in [6.07, 6.45) is 0.484. The Balaban J connectivity index is 2.39. The van der Waals surface area contributed by atoms with Crippen molar-refractivity contribution in [3.05, 3.63) is 59.4 Å². The van der Waals surface area contributed by atoms with Gasteiger partial charge in [0.05, 0.1) is 5.56 Å². The summed E-state index contributed by atoms with van der Waals surface area (Å²) in [6, 6.07) is 11.3. The van der Waals surface area contributed by atoms with E-state index in [1.165, 1.54) is 19.1 Å². The average molecular weight is 242 g/mol. The number of carbonyl (C=O) groups is 2. The van der Waals surface area contributed by atoms with Crippen LogP contribution in [0.5, 0.6) is 0 Å². The van der Waals surface area contributed by atoms with Crippen LogP contribution in [0.15, 0.2) is 42.5 Å². The Morgan fingerprint density at radius 1 is 1.06 bits per heavy atom. The van der Waals surface area contributed by atoms with E-state index in [-0.39, 0.29) is 11.3 Å². The molecule has 0 N–H and O–H groups in total. The summed E-state index contributed by atoms with van der Waals surface area (Å²) in [7, 11) is 0. The van der Waals surface area contributed by atoms with Gasteiger partial charge in [-0.25, -0.2) is 4.39 Å². The van der Waals surface area contributed by atoms with E-state index in [1.54, 1.807) is 30.3 Å². The standard InChI is InChI=1S/C15H11FO2/c1-10(18)11-2-4-12(5-3-11)13-6-7-14(9-17)15(16)8-13/h2-9H,1H3. The quantitative estimate of drug-likeness (QED) is 0.609. The van der Waals surface area contributed by atoms with Crippen LogP contribution in [0, 0.1) is 5.82 Å². The summed E-state index contributed by atoms with van der Waals surface area (Å²) in [5.74, 6) is -0.554. The second kappa shape index (κ2) is 4.92. The third-order valence-electron chi connectivity index (χ3n) is 2.75. The van der Waals surface area contributed by atoms with Crippen molar-refractivity contribution < 1.29 is 14.0 Å². The van der Waals surface area contributed by atoms with Gasteiger partial charge in [0.25, 0.3) is 0 Å². The molecule has 0 fully saturated rings. The van der Waals surface area contributed by atoms with Crippen molar-refractivity contribution in [2.45, 2.75) is 6.92 Å². The van der Waals surface area contributed by atoms with Crippen molar-refractivity contribution >= 4 is 12.1 Å². The molecule has 18 heavy (non-hydrogen) atoms. The van der Waals surface area contributed by atoms with Crippen LogP contribution in [-0.2, 0) is 0 Å². The second-order valence-corrected chi connectivity index (χ2v) is 3.99. The molecule has 0 atom stereocenters. The molecule has 0 aliphatic heterocycles. The fourth-order valence-electron chi connectivity index (χ4n) is 1.70. The predicted molar refractivity (Wildman–Crippen MR) is 67.2 cm³/mol. The first-order valence-electron chi connectivity index (χ1n) is 5.48. The van der Waals surface area contributed by atoms with Crippen molar-refractivity contribution in [1.82, 2.24) is 0 Å². The fraction of sp³-hybridized carbons (Fsp3) is 0.0667. The third-order valence-corrected chi connectivity index (χ3v) is 2.75. The number of hydrogen-bond acceptors (Lipinski definition) is 2. The molecule has 0 radical (unpaired) electrons. The first-order valence-corrected chi connectivity index (χ1v) is 5.48. The average Bonchev–Trinajstić information content (AvgIpc) is 2.38. The Morgan fingerprint density at radius 3 is 2.17 bits per heavy atom. The second-order valence-electron chi connectivity index (χ2n) is 3.99. The predicted octanol–water partition coefficient (Wildman–Crippen LogP) is 3.51. The molecule has 0 spiro atoms. The SMILES string of the molecule is CC(=O)c1ccc(-c2ccc(C=O)c(F)c2)cc1. The minimum absolute atomic E-state index is 0.0102. The minimum atomic E-state index is -0.543. The zero-order valence-electron chi connectivity index (χ0n) is 9.81. The van der Waals surface area contributed by atoms with E-state index < -0.39 is 5.82 Å². The Kier molecular flexibility index (Phi) is 3.33. The number of ketones is 1. The highest BCUT2D eigenvalue weighted by Gasteiger charge is 2.05. The van der Waals surface area contributed by atoms with Gasteiger partial charge in [0, 0.05) is 5.56 Å². The molecule has 0 aromatic heterocycles. The van der Waals surface area contributed by atoms with Crippen molar-refractivity contribution in [2.75, 3.05) is 0 Å². The number of rotatable bonds is 3. The first-order chi connectivity index (χ1) is 8.61. The smallest absolute Gasteiger partial charge is 0.159 e. The van der Waals surface area contributed by atoms with Gasteiger partial charge in [0.1, 0.15) is 5.82 Å². The Bertz CT molecular complexity index is 600. The van der Waals surface area contributed by atoms with Crippen LogP contribution in [0.2, 0.25) is 0 Å². The van der Waals surface area contributed by atoms with E-state index in [4.69, 9.17) is 0 Å². The first kappa shape index (κ1) is 12.2. The molecular weight excluding hydrogens is 231 g/mol. The summed E-state index contributed by atoms with van der Waals surface area (Å²) >= 11 is 0. The van der Waals surface area contributed by atoms with Crippen LogP contribution < -0.4 is 0 Å². The van der Waals surface area contributed by atoms with Gasteiger partial charge < -0.3 is 0 Å². The Hall–Kier alpha value is -2.29. The maximum atomic E-state index is 13.5. The van der Waals surface area contributed by atoms with Crippen molar-refractivity contribution in [3.8, 4) is 11.1 Å². The normalized spacial score (nSPS) is 10.1. The molecule has 0 saturated carbocycles. The minimum Gasteiger partial charge on any atom is -0.298 e. The lowest BCUT2D eigenvalue weighted by Crippen LogP contribution is -1.92. The van der Waals surface area contributed by atoms with E-state index in [1.807, 2.05) is 0 Å². The Morgan fingerprint density at radius 2 is 1.67 bits per heavy atom. The number of aldehydes is 1. The van der Waals surface area contributed by atoms with Crippen LogP contribution in [0.1, 0.15) is 27.6 Å². The van der Waals surface area contributed by atoms with Crippen LogP contribution in [0.3, 0.4) is 0 Å². The monoisotopic (exact) mass is 242 g/mol. The van der Waals surface area contributed by atoms with Crippen LogP contribution in [0.25, 0.3) is 11.1 Å². The molecule has 2 aromatic carbocycles. The topological polar surface area (TPSA) is 34.1 Å². The highest BCUT2D eigenvalue weighted by atomic mass is 19.1. The largest absolute Gasteiger partial charge is 0.298 e. The van der Waals surface area contributed by atoms with Gasteiger partial charge in [-0.1, -0.05) is 30.3 Å². The van der Waals surface area contributed by atoms with Gasteiger partial charge in [0.2, 0.25) is 0 Å². The molecule has 0 bridgehead atoms. The fourth-order valence-corrected chi connectivity index (χ4v) is 1.70. The van der Waals surface area contributed by atoms with Crippen molar-refractivity contribution in [1.29, 1.82) is 0 Å². The van der Waals surface area contributed by atoms with E-state index in [2.05, 4.69) is 0 Å². The van der Waals surface area contributed by atoms with E-state index in [9.17, 15) is 14.0 Å². The molecule has 2 aromatic rings. The maximum Gasteiger partial charge on any atom is 0.159 e. The van der Waals surface area contributed by atoms with Crippen molar-refractivity contribution in [3.63, 3.8) is 0 Å². The van der Waals surface area contributed by atoms with Crippen LogP contribution in [-0.4, -0.2) is 12.1 Å². The Labute approximate surface area is 104 Å². The van der Waals surface area contributed by atoms with Crippen LogP contribution in [0.4, 0.5) is 4.39 Å². The van der Waals surface area contributed by atoms with E-state index in [0.29, 0.717) is 17.4 Å². The van der Waals surface area contributed by atoms with Gasteiger partial charge in [0.15, 0.2) is 12.1 Å². The van der Waals surface area contributed by atoms with Gasteiger partial charge in [-0.05, 0) is 30.2 Å². The lowest BCUT2D eigenvalue weighted by Gasteiger charge is -2.04. The third kappa shape index (κ3) is 2.35. The number of benzene rings is 2. The van der Waals surface area contributed by atoms with Crippen LogP contribution >= 0.6 is 0 Å². The maximum absolute atomic E-state index is 13.5. The summed E-state index contributed by atoms with van der Waals surface area (Å²) in [5.41, 5.74) is 2.13. The zero-order valence-corrected chi connectivity index (χ0v) is 9.81.